The predicted octanol–water partition coefficient (Wildman–Crippen LogP) is -1.21. The first kappa shape index (κ1) is 19.2. The molecule has 9 nitrogen and oxygen atoms in total. The van der Waals surface area contributed by atoms with Gasteiger partial charge in [-0.2, -0.15) is 0 Å². The summed E-state index contributed by atoms with van der Waals surface area (Å²) in [6, 6.07) is -0.890. The molecule has 0 heterocycles. The average molecular weight is 321 g/mol. The van der Waals surface area contributed by atoms with Crippen LogP contribution in [0.5, 0.6) is 0 Å². The molecular weight excluding hydrogens is 302 g/mol. The molecule has 0 radical (unpaired) electrons. The summed E-state index contributed by atoms with van der Waals surface area (Å²) in [5.41, 5.74) is 0. The lowest BCUT2D eigenvalue weighted by molar-refractivity contribution is -0.138. The van der Waals surface area contributed by atoms with E-state index < -0.39 is 36.3 Å². The fraction of sp³-hybridized carbons (Fsp3) is 0.636. The Balaban J connectivity index is 4.32. The smallest absolute Gasteiger partial charge is 0.322 e. The molecule has 0 rings (SSSR count). The van der Waals surface area contributed by atoms with Crippen molar-refractivity contribution in [3.8, 4) is 0 Å². The van der Waals surface area contributed by atoms with Crippen LogP contribution in [0.2, 0.25) is 0 Å². The number of carbonyl (C=O) groups is 4. The minimum atomic E-state index is -1.18. The minimum Gasteiger partial charge on any atom is -0.481 e. The van der Waals surface area contributed by atoms with E-state index in [0.29, 0.717) is 0 Å². The van der Waals surface area contributed by atoms with Crippen molar-refractivity contribution in [2.24, 2.45) is 0 Å². The minimum absolute atomic E-state index is 0.0147. The van der Waals surface area contributed by atoms with Crippen LogP contribution >= 0.6 is 11.9 Å². The van der Waals surface area contributed by atoms with E-state index in [4.69, 9.17) is 10.2 Å². The van der Waals surface area contributed by atoms with Crippen molar-refractivity contribution in [2.75, 3.05) is 19.3 Å². The second-order valence-corrected chi connectivity index (χ2v) is 5.02. The van der Waals surface area contributed by atoms with Crippen LogP contribution in [0.15, 0.2) is 0 Å². The summed E-state index contributed by atoms with van der Waals surface area (Å²) >= 11 is 1.18. The van der Waals surface area contributed by atoms with Gasteiger partial charge in [0.2, 0.25) is 11.8 Å². The zero-order valence-corrected chi connectivity index (χ0v) is 12.4. The van der Waals surface area contributed by atoms with Crippen LogP contribution < -0.4 is 15.4 Å². The molecule has 0 aromatic rings. The molecule has 0 aliphatic heterocycles. The van der Waals surface area contributed by atoms with Crippen LogP contribution in [0.1, 0.15) is 19.3 Å². The second kappa shape index (κ2) is 10.9. The third kappa shape index (κ3) is 10.6. The summed E-state index contributed by atoms with van der Waals surface area (Å²) in [6.07, 6.45) is 0.0254. The number of carboxylic acid groups (broad SMARTS) is 2. The molecule has 10 heteroatoms. The van der Waals surface area contributed by atoms with E-state index in [1.54, 1.807) is 7.05 Å². The number of carboxylic acids is 2. The number of aliphatic carboxylic acids is 2. The van der Waals surface area contributed by atoms with Gasteiger partial charge in [-0.15, -0.1) is 0 Å². The van der Waals surface area contributed by atoms with Gasteiger partial charge in [-0.1, -0.05) is 11.9 Å². The highest BCUT2D eigenvalue weighted by atomic mass is 32.2. The van der Waals surface area contributed by atoms with Crippen molar-refractivity contribution in [3.05, 3.63) is 0 Å². The Morgan fingerprint density at radius 1 is 1.10 bits per heavy atom. The Labute approximate surface area is 126 Å². The number of hydrogen-bond donors (Lipinski definition) is 5. The maximum absolute atomic E-state index is 11.7. The lowest BCUT2D eigenvalue weighted by Crippen LogP contribution is -2.49. The molecule has 21 heavy (non-hydrogen) atoms. The van der Waals surface area contributed by atoms with Crippen molar-refractivity contribution in [1.82, 2.24) is 15.4 Å². The van der Waals surface area contributed by atoms with Gasteiger partial charge in [0.1, 0.15) is 12.6 Å². The molecule has 0 fully saturated rings. The maximum atomic E-state index is 11.7. The van der Waals surface area contributed by atoms with E-state index >= 15 is 0 Å². The summed E-state index contributed by atoms with van der Waals surface area (Å²) in [5, 5.41) is 21.6. The number of amides is 2. The Bertz CT molecular complexity index is 390. The van der Waals surface area contributed by atoms with Crippen LogP contribution in [0, 0.1) is 0 Å². The molecule has 0 aliphatic rings. The third-order valence-corrected chi connectivity index (χ3v) is 3.04. The molecule has 0 spiro atoms. The fourth-order valence-electron chi connectivity index (χ4n) is 1.30. The first-order chi connectivity index (χ1) is 9.86. The Morgan fingerprint density at radius 2 is 1.76 bits per heavy atom. The number of hydrogen-bond acceptors (Lipinski definition) is 6. The highest BCUT2D eigenvalue weighted by molar-refractivity contribution is 7.97. The molecule has 0 aliphatic carbocycles. The first-order valence-electron chi connectivity index (χ1n) is 6.16. The van der Waals surface area contributed by atoms with Gasteiger partial charge in [-0.05, 0) is 13.5 Å². The topological polar surface area (TPSA) is 145 Å². The molecular formula is C11H19N3O6S. The van der Waals surface area contributed by atoms with Gasteiger partial charge in [0.25, 0.3) is 0 Å². The SMILES string of the molecule is CNSCC(NC(=O)CCCC(=O)O)C(=O)NCC(=O)O. The van der Waals surface area contributed by atoms with Gasteiger partial charge >= 0.3 is 11.9 Å². The second-order valence-electron chi connectivity index (χ2n) is 3.99. The summed E-state index contributed by atoms with van der Waals surface area (Å²) < 4.78 is 2.74. The lowest BCUT2D eigenvalue weighted by Gasteiger charge is -2.17. The van der Waals surface area contributed by atoms with Crippen molar-refractivity contribution >= 4 is 35.7 Å². The molecule has 1 atom stereocenters. The molecule has 1 unspecified atom stereocenters. The van der Waals surface area contributed by atoms with Gasteiger partial charge in [-0.25, -0.2) is 0 Å². The van der Waals surface area contributed by atoms with Gasteiger partial charge in [-0.3, -0.25) is 23.9 Å². The average Bonchev–Trinajstić information content (AvgIpc) is 2.40. The Morgan fingerprint density at radius 3 is 2.29 bits per heavy atom. The largest absolute Gasteiger partial charge is 0.481 e. The van der Waals surface area contributed by atoms with Crippen molar-refractivity contribution in [2.45, 2.75) is 25.3 Å². The first-order valence-corrected chi connectivity index (χ1v) is 7.14. The van der Waals surface area contributed by atoms with E-state index in [1.807, 2.05) is 0 Å². The zero-order chi connectivity index (χ0) is 16.3. The summed E-state index contributed by atoms with van der Waals surface area (Å²) in [4.78, 5) is 44.1. The molecule has 0 bridgehead atoms. The van der Waals surface area contributed by atoms with E-state index in [9.17, 15) is 19.2 Å². The molecule has 2 amide bonds. The van der Waals surface area contributed by atoms with Gasteiger partial charge in [0, 0.05) is 18.6 Å². The third-order valence-electron chi connectivity index (χ3n) is 2.25. The van der Waals surface area contributed by atoms with Crippen LogP contribution in [-0.4, -0.2) is 59.4 Å². The summed E-state index contributed by atoms with van der Waals surface area (Å²) in [6.45, 7) is -0.533. The van der Waals surface area contributed by atoms with E-state index in [-0.39, 0.29) is 25.0 Å². The van der Waals surface area contributed by atoms with Crippen molar-refractivity contribution in [1.29, 1.82) is 0 Å². The van der Waals surface area contributed by atoms with Gasteiger partial charge < -0.3 is 20.8 Å². The Kier molecular flexibility index (Phi) is 9.98. The molecule has 120 valence electrons. The molecule has 0 saturated heterocycles. The van der Waals surface area contributed by atoms with E-state index in [0.717, 1.165) is 0 Å². The monoisotopic (exact) mass is 321 g/mol. The van der Waals surface area contributed by atoms with Crippen LogP contribution in [0.25, 0.3) is 0 Å². The highest BCUT2D eigenvalue weighted by Crippen LogP contribution is 2.00. The molecule has 0 aromatic carbocycles. The molecule has 5 N–H and O–H groups in total. The van der Waals surface area contributed by atoms with Crippen molar-refractivity contribution in [3.63, 3.8) is 0 Å². The number of nitrogens with one attached hydrogen (secondary N) is 3. The van der Waals surface area contributed by atoms with Crippen molar-refractivity contribution < 1.29 is 29.4 Å². The number of rotatable bonds is 11. The van der Waals surface area contributed by atoms with Crippen LogP contribution in [-0.2, 0) is 19.2 Å². The predicted molar refractivity (Wildman–Crippen MR) is 75.6 cm³/mol. The van der Waals surface area contributed by atoms with Crippen LogP contribution in [0.4, 0.5) is 0 Å². The Hall–Kier alpha value is -1.81. The normalized spacial score (nSPS) is 11.5. The lowest BCUT2D eigenvalue weighted by atomic mass is 10.2. The van der Waals surface area contributed by atoms with E-state index in [2.05, 4.69) is 15.4 Å². The summed E-state index contributed by atoms with van der Waals surface area (Å²) in [7, 11) is 1.64. The standard InChI is InChI=1S/C11H19N3O6S/c1-12-21-6-7(11(20)13-5-10(18)19)14-8(15)3-2-4-9(16)17/h7,12H,2-6H2,1H3,(H,13,20)(H,14,15)(H,16,17)(H,18,19). The van der Waals surface area contributed by atoms with Gasteiger partial charge in [0.15, 0.2) is 0 Å². The number of carbonyl (C=O) groups excluding carboxylic acids is 2. The molecule has 0 saturated carbocycles. The fourth-order valence-corrected chi connectivity index (χ4v) is 1.87. The summed E-state index contributed by atoms with van der Waals surface area (Å²) in [5.74, 6) is -3.03. The maximum Gasteiger partial charge on any atom is 0.322 e. The molecule has 0 aromatic heterocycles. The zero-order valence-electron chi connectivity index (χ0n) is 11.5. The highest BCUT2D eigenvalue weighted by Gasteiger charge is 2.21. The van der Waals surface area contributed by atoms with Gasteiger partial charge in [0.05, 0.1) is 0 Å². The quantitative estimate of drug-likeness (QED) is 0.298. The van der Waals surface area contributed by atoms with Crippen LogP contribution in [0.3, 0.4) is 0 Å². The van der Waals surface area contributed by atoms with E-state index in [1.165, 1.54) is 11.9 Å².